The van der Waals surface area contributed by atoms with Gasteiger partial charge in [-0.1, -0.05) is 0 Å². The minimum atomic E-state index is -0.552. The molecule has 4 heterocycles. The summed E-state index contributed by atoms with van der Waals surface area (Å²) in [4.78, 5) is 34.5. The van der Waals surface area contributed by atoms with Crippen LogP contribution in [0.4, 0.5) is 16.3 Å². The molecule has 0 bridgehead atoms. The van der Waals surface area contributed by atoms with Crippen LogP contribution in [0.15, 0.2) is 6.07 Å². The highest BCUT2D eigenvalue weighted by atomic mass is 32.1. The Hall–Kier alpha value is -2.59. The number of rotatable bonds is 3. The number of aromatic nitrogens is 1. The molecule has 1 atom stereocenters. The second kappa shape index (κ2) is 8.74. The molecule has 2 aromatic rings. The van der Waals surface area contributed by atoms with Gasteiger partial charge in [-0.2, -0.15) is 0 Å². The number of nitrogens with zero attached hydrogens (tertiary/aromatic N) is 3. The maximum absolute atomic E-state index is 12.7. The van der Waals surface area contributed by atoms with Gasteiger partial charge in [0.1, 0.15) is 21.1 Å². The molecule has 2 amide bonds. The van der Waals surface area contributed by atoms with E-state index in [4.69, 9.17) is 25.9 Å². The third-order valence-corrected chi connectivity index (χ3v) is 6.90. The van der Waals surface area contributed by atoms with Crippen molar-refractivity contribution >= 4 is 45.1 Å². The Bertz CT molecular complexity index is 1030. The summed E-state index contributed by atoms with van der Waals surface area (Å²) in [6, 6.07) is 2.06. The highest BCUT2D eigenvalue weighted by Gasteiger charge is 2.31. The summed E-state index contributed by atoms with van der Waals surface area (Å²) in [5.74, 6) is 0.338. The van der Waals surface area contributed by atoms with Gasteiger partial charge >= 0.3 is 6.09 Å². The van der Waals surface area contributed by atoms with Crippen LogP contribution in [-0.4, -0.2) is 66.9 Å². The number of primary amides is 1. The molecule has 2 aromatic heterocycles. The molecule has 2 fully saturated rings. The lowest BCUT2D eigenvalue weighted by atomic mass is 9.89. The molecule has 0 aromatic carbocycles. The zero-order valence-corrected chi connectivity index (χ0v) is 19.7. The van der Waals surface area contributed by atoms with Crippen LogP contribution in [0.2, 0.25) is 0 Å². The minimum absolute atomic E-state index is 0.0548. The molecule has 0 saturated carbocycles. The van der Waals surface area contributed by atoms with Crippen molar-refractivity contribution in [1.82, 2.24) is 9.88 Å². The molecular weight excluding hydrogens is 430 g/mol. The smallest absolute Gasteiger partial charge is 0.410 e. The molecule has 2 saturated heterocycles. The van der Waals surface area contributed by atoms with Gasteiger partial charge in [-0.25, -0.2) is 9.78 Å². The van der Waals surface area contributed by atoms with Gasteiger partial charge in [0.25, 0.3) is 5.91 Å². The van der Waals surface area contributed by atoms with Crippen molar-refractivity contribution in [3.63, 3.8) is 0 Å². The van der Waals surface area contributed by atoms with Crippen LogP contribution in [0.25, 0.3) is 10.2 Å². The fourth-order valence-corrected chi connectivity index (χ4v) is 5.29. The number of piperidine rings is 1. The average molecular weight is 462 g/mol. The van der Waals surface area contributed by atoms with Gasteiger partial charge in [-0.3, -0.25) is 4.79 Å². The van der Waals surface area contributed by atoms with E-state index in [0.29, 0.717) is 41.7 Å². The summed E-state index contributed by atoms with van der Waals surface area (Å²) in [7, 11) is 0. The lowest BCUT2D eigenvalue weighted by Gasteiger charge is -2.35. The van der Waals surface area contributed by atoms with Crippen LogP contribution in [0.5, 0.6) is 0 Å². The number of likely N-dealkylation sites (tertiary alicyclic amines) is 1. The van der Waals surface area contributed by atoms with Crippen LogP contribution >= 0.6 is 11.3 Å². The van der Waals surface area contributed by atoms with E-state index >= 15 is 0 Å². The van der Waals surface area contributed by atoms with Crippen molar-refractivity contribution in [2.45, 2.75) is 45.1 Å². The fraction of sp³-hybridized carbons (Fsp3) is 0.591. The van der Waals surface area contributed by atoms with Crippen molar-refractivity contribution < 1.29 is 19.1 Å². The Morgan fingerprint density at radius 3 is 2.62 bits per heavy atom. The first-order valence-electron chi connectivity index (χ1n) is 11.0. The van der Waals surface area contributed by atoms with E-state index in [2.05, 4.69) is 11.0 Å². The van der Waals surface area contributed by atoms with Crippen molar-refractivity contribution in [3.05, 3.63) is 16.5 Å². The van der Waals surface area contributed by atoms with E-state index in [0.717, 1.165) is 42.7 Å². The molecule has 4 N–H and O–H groups in total. The Kier molecular flexibility index (Phi) is 6.17. The van der Waals surface area contributed by atoms with Crippen molar-refractivity contribution in [2.24, 2.45) is 5.73 Å². The van der Waals surface area contributed by atoms with Crippen molar-refractivity contribution in [2.75, 3.05) is 50.0 Å². The molecule has 2 aliphatic heterocycles. The van der Waals surface area contributed by atoms with E-state index in [9.17, 15) is 9.59 Å². The molecule has 4 rings (SSSR count). The lowest BCUT2D eigenvalue weighted by Crippen LogP contribution is -2.42. The maximum Gasteiger partial charge on any atom is 0.410 e. The zero-order chi connectivity index (χ0) is 23.0. The number of fused-ring (bicyclic) bond motifs is 1. The van der Waals surface area contributed by atoms with Crippen LogP contribution in [0.1, 0.15) is 54.8 Å². The Labute approximate surface area is 191 Å². The van der Waals surface area contributed by atoms with Gasteiger partial charge in [0, 0.05) is 37.5 Å². The van der Waals surface area contributed by atoms with E-state index in [-0.39, 0.29) is 12.0 Å². The quantitative estimate of drug-likeness (QED) is 0.720. The Morgan fingerprint density at radius 2 is 1.97 bits per heavy atom. The summed E-state index contributed by atoms with van der Waals surface area (Å²) < 4.78 is 11.1. The van der Waals surface area contributed by atoms with Gasteiger partial charge in [0.15, 0.2) is 0 Å². The van der Waals surface area contributed by atoms with Gasteiger partial charge < -0.3 is 30.7 Å². The monoisotopic (exact) mass is 461 g/mol. The number of carbonyl (C=O) groups is 2. The topological polar surface area (TPSA) is 124 Å². The van der Waals surface area contributed by atoms with Crippen LogP contribution in [0.3, 0.4) is 0 Å². The zero-order valence-electron chi connectivity index (χ0n) is 18.8. The minimum Gasteiger partial charge on any atom is -0.444 e. The number of ether oxygens (including phenoxy) is 2. The number of nitrogens with two attached hydrogens (primary N) is 2. The van der Waals surface area contributed by atoms with Crippen LogP contribution < -0.4 is 16.4 Å². The molecule has 174 valence electrons. The number of thiophene rings is 1. The molecule has 0 spiro atoms. The van der Waals surface area contributed by atoms with E-state index < -0.39 is 11.5 Å². The summed E-state index contributed by atoms with van der Waals surface area (Å²) in [6.45, 7) is 9.56. The summed E-state index contributed by atoms with van der Waals surface area (Å²) in [6.07, 6.45) is 1.45. The molecule has 1 unspecified atom stereocenters. The standard InChI is InChI=1S/C22H31N5O4S/c1-22(2,3)31-21(29)27-6-4-5-13(12-27)14-11-15(26-7-9-30-10-8-26)25-20-16(14)17(23)18(32-20)19(24)28/h11,13H,4-10,12,23H2,1-3H3,(H2,24,28). The number of hydrogen-bond acceptors (Lipinski definition) is 8. The van der Waals surface area contributed by atoms with E-state index in [1.54, 1.807) is 4.90 Å². The largest absolute Gasteiger partial charge is 0.444 e. The summed E-state index contributed by atoms with van der Waals surface area (Å²) in [5.41, 5.74) is 12.8. The average Bonchev–Trinajstić information content (AvgIpc) is 3.09. The number of anilines is 2. The van der Waals surface area contributed by atoms with Crippen LogP contribution in [0, 0.1) is 0 Å². The first kappa shape index (κ1) is 22.6. The summed E-state index contributed by atoms with van der Waals surface area (Å²) in [5, 5.41) is 0.775. The number of hydrogen-bond donors (Lipinski definition) is 2. The molecule has 10 heteroatoms. The van der Waals surface area contributed by atoms with Crippen molar-refractivity contribution in [1.29, 1.82) is 0 Å². The molecular formula is C22H31N5O4S. The SMILES string of the molecule is CC(C)(C)OC(=O)N1CCCC(c2cc(N3CCOCC3)nc3sc(C(N)=O)c(N)c23)C1. The van der Waals surface area contributed by atoms with Gasteiger partial charge in [0.2, 0.25) is 0 Å². The molecule has 2 aliphatic rings. The summed E-state index contributed by atoms with van der Waals surface area (Å²) >= 11 is 1.23. The number of nitrogen functional groups attached to an aromatic ring is 1. The Morgan fingerprint density at radius 1 is 1.25 bits per heavy atom. The number of morpholine rings is 1. The highest BCUT2D eigenvalue weighted by Crippen LogP contribution is 2.41. The number of carbonyl (C=O) groups excluding carboxylic acids is 2. The maximum atomic E-state index is 12.7. The second-order valence-corrected chi connectivity index (χ2v) is 10.3. The first-order valence-corrected chi connectivity index (χ1v) is 11.8. The second-order valence-electron chi connectivity index (χ2n) is 9.32. The molecule has 0 radical (unpaired) electrons. The molecule has 32 heavy (non-hydrogen) atoms. The van der Waals surface area contributed by atoms with Crippen LogP contribution in [-0.2, 0) is 9.47 Å². The van der Waals surface area contributed by atoms with Gasteiger partial charge in [0.05, 0.1) is 18.9 Å². The predicted octanol–water partition coefficient (Wildman–Crippen LogP) is 2.93. The Balaban J connectivity index is 1.73. The number of amides is 2. The predicted molar refractivity (Wildman–Crippen MR) is 125 cm³/mol. The fourth-order valence-electron chi connectivity index (χ4n) is 4.32. The van der Waals surface area contributed by atoms with Gasteiger partial charge in [-0.15, -0.1) is 11.3 Å². The first-order chi connectivity index (χ1) is 15.1. The van der Waals surface area contributed by atoms with Crippen molar-refractivity contribution in [3.8, 4) is 0 Å². The molecule has 9 nitrogen and oxygen atoms in total. The third kappa shape index (κ3) is 4.61. The molecule has 0 aliphatic carbocycles. The van der Waals surface area contributed by atoms with Gasteiger partial charge in [-0.05, 0) is 45.2 Å². The van der Waals surface area contributed by atoms with E-state index in [1.807, 2.05) is 20.8 Å². The number of pyridine rings is 1. The highest BCUT2D eigenvalue weighted by molar-refractivity contribution is 7.21. The third-order valence-electron chi connectivity index (χ3n) is 5.79. The lowest BCUT2D eigenvalue weighted by molar-refractivity contribution is 0.0198. The normalized spacial score (nSPS) is 19.9. The van der Waals surface area contributed by atoms with E-state index in [1.165, 1.54) is 11.3 Å².